The van der Waals surface area contributed by atoms with E-state index in [0.717, 1.165) is 3.57 Å². The van der Waals surface area contributed by atoms with Crippen molar-refractivity contribution in [2.45, 2.75) is 11.4 Å². The Balaban J connectivity index is 2.11. The Kier molecular flexibility index (Phi) is 4.43. The van der Waals surface area contributed by atoms with Crippen molar-refractivity contribution in [1.29, 1.82) is 5.41 Å². The zero-order valence-corrected chi connectivity index (χ0v) is 13.4. The van der Waals surface area contributed by atoms with Gasteiger partial charge >= 0.3 is 0 Å². The fourth-order valence-corrected chi connectivity index (χ4v) is 3.29. The summed E-state index contributed by atoms with van der Waals surface area (Å²) in [5.41, 5.74) is 5.84. The quantitative estimate of drug-likeness (QED) is 0.445. The molecule has 2 aromatic rings. The average molecular weight is 404 g/mol. The van der Waals surface area contributed by atoms with E-state index in [1.807, 2.05) is 0 Å². The minimum Gasteiger partial charge on any atom is -0.384 e. The van der Waals surface area contributed by atoms with Crippen LogP contribution < -0.4 is 5.73 Å². The first-order valence-electron chi connectivity index (χ1n) is 5.74. The van der Waals surface area contributed by atoms with Gasteiger partial charge in [-0.1, -0.05) is 12.1 Å². The van der Waals surface area contributed by atoms with Gasteiger partial charge in [0.1, 0.15) is 5.84 Å². The van der Waals surface area contributed by atoms with Gasteiger partial charge in [0.2, 0.25) is 0 Å². The molecule has 106 valence electrons. The summed E-state index contributed by atoms with van der Waals surface area (Å²) in [5, 5.41) is 11.3. The van der Waals surface area contributed by atoms with Gasteiger partial charge in [0, 0.05) is 11.8 Å². The number of benzene rings is 1. The number of sulfone groups is 1. The molecule has 0 atom stereocenters. The maximum Gasteiger partial charge on any atom is 0.180 e. The van der Waals surface area contributed by atoms with Crippen molar-refractivity contribution in [2.75, 3.05) is 5.75 Å². The van der Waals surface area contributed by atoms with Crippen molar-refractivity contribution in [3.05, 3.63) is 45.8 Å². The van der Waals surface area contributed by atoms with Gasteiger partial charge in [-0.2, -0.15) is 5.10 Å². The van der Waals surface area contributed by atoms with Gasteiger partial charge in [0.25, 0.3) is 0 Å². The van der Waals surface area contributed by atoms with Crippen LogP contribution in [0.1, 0.15) is 5.56 Å². The van der Waals surface area contributed by atoms with Gasteiger partial charge < -0.3 is 5.73 Å². The molecule has 0 aliphatic rings. The molecule has 0 amide bonds. The van der Waals surface area contributed by atoms with Gasteiger partial charge in [0.05, 0.1) is 27.0 Å². The second kappa shape index (κ2) is 5.92. The highest BCUT2D eigenvalue weighted by Crippen LogP contribution is 2.13. The van der Waals surface area contributed by atoms with E-state index < -0.39 is 9.84 Å². The monoisotopic (exact) mass is 404 g/mol. The summed E-state index contributed by atoms with van der Waals surface area (Å²) in [6, 6.07) is 6.01. The van der Waals surface area contributed by atoms with Crippen molar-refractivity contribution in [3.63, 3.8) is 0 Å². The van der Waals surface area contributed by atoms with Crippen molar-refractivity contribution in [2.24, 2.45) is 5.73 Å². The fraction of sp³-hybridized carbons (Fsp3) is 0.167. The Labute approximate surface area is 130 Å². The van der Waals surface area contributed by atoms with Crippen LogP contribution in [-0.4, -0.2) is 29.8 Å². The molecule has 0 saturated heterocycles. The molecule has 0 radical (unpaired) electrons. The number of halogens is 1. The van der Waals surface area contributed by atoms with Crippen molar-refractivity contribution in [1.82, 2.24) is 9.78 Å². The SMILES string of the molecule is N=C(N)c1ccc(S(=O)(=O)CCn2cc(I)cn2)cc1. The van der Waals surface area contributed by atoms with Crippen LogP contribution >= 0.6 is 22.6 Å². The molecule has 1 aromatic carbocycles. The number of rotatable bonds is 5. The Morgan fingerprint density at radius 3 is 2.50 bits per heavy atom. The van der Waals surface area contributed by atoms with Gasteiger partial charge in [-0.05, 0) is 34.7 Å². The highest BCUT2D eigenvalue weighted by molar-refractivity contribution is 14.1. The largest absolute Gasteiger partial charge is 0.384 e. The highest BCUT2D eigenvalue weighted by Gasteiger charge is 2.14. The van der Waals surface area contributed by atoms with Crippen LogP contribution in [0.15, 0.2) is 41.6 Å². The van der Waals surface area contributed by atoms with Crippen molar-refractivity contribution in [3.8, 4) is 0 Å². The first-order valence-corrected chi connectivity index (χ1v) is 8.47. The molecule has 0 aliphatic carbocycles. The minimum absolute atomic E-state index is 0.0236. The molecule has 2 rings (SSSR count). The first kappa shape index (κ1) is 15.0. The number of amidine groups is 1. The van der Waals surface area contributed by atoms with Gasteiger partial charge in [-0.15, -0.1) is 0 Å². The van der Waals surface area contributed by atoms with Crippen LogP contribution in [-0.2, 0) is 16.4 Å². The molecule has 0 aliphatic heterocycles. The van der Waals surface area contributed by atoms with E-state index >= 15 is 0 Å². The van der Waals surface area contributed by atoms with E-state index in [1.165, 1.54) is 24.3 Å². The van der Waals surface area contributed by atoms with Crippen LogP contribution in [0, 0.1) is 8.98 Å². The van der Waals surface area contributed by atoms with E-state index in [-0.39, 0.29) is 16.5 Å². The van der Waals surface area contributed by atoms with Crippen LogP contribution in [0.2, 0.25) is 0 Å². The predicted octanol–water partition coefficient (Wildman–Crippen LogP) is 1.25. The van der Waals surface area contributed by atoms with E-state index in [1.54, 1.807) is 17.1 Å². The lowest BCUT2D eigenvalue weighted by Crippen LogP contribution is -2.14. The summed E-state index contributed by atoms with van der Waals surface area (Å²) in [7, 11) is -3.37. The number of nitrogens with zero attached hydrogens (tertiary/aromatic N) is 2. The molecule has 6 nitrogen and oxygen atoms in total. The zero-order chi connectivity index (χ0) is 14.8. The number of nitrogens with one attached hydrogen (secondary N) is 1. The number of aromatic nitrogens is 2. The second-order valence-corrected chi connectivity index (χ2v) is 7.53. The summed E-state index contributed by atoms with van der Waals surface area (Å²) in [6.07, 6.45) is 3.46. The van der Waals surface area contributed by atoms with Crippen LogP contribution in [0.5, 0.6) is 0 Å². The lowest BCUT2D eigenvalue weighted by atomic mass is 10.2. The predicted molar refractivity (Wildman–Crippen MR) is 84.5 cm³/mol. The van der Waals surface area contributed by atoms with E-state index in [4.69, 9.17) is 11.1 Å². The smallest absolute Gasteiger partial charge is 0.180 e. The van der Waals surface area contributed by atoms with E-state index in [0.29, 0.717) is 12.1 Å². The van der Waals surface area contributed by atoms with Crippen LogP contribution in [0.3, 0.4) is 0 Å². The second-order valence-electron chi connectivity index (χ2n) is 4.18. The highest BCUT2D eigenvalue weighted by atomic mass is 127. The third-order valence-corrected chi connectivity index (χ3v) is 4.98. The normalized spacial score (nSPS) is 11.4. The zero-order valence-electron chi connectivity index (χ0n) is 10.5. The fourth-order valence-electron chi connectivity index (χ4n) is 1.63. The summed E-state index contributed by atoms with van der Waals surface area (Å²) in [6.45, 7) is 0.305. The molecule has 0 bridgehead atoms. The lowest BCUT2D eigenvalue weighted by Gasteiger charge is -2.06. The maximum absolute atomic E-state index is 12.2. The third kappa shape index (κ3) is 3.57. The number of nitrogens with two attached hydrogens (primary N) is 1. The molecule has 0 spiro atoms. The summed E-state index contributed by atoms with van der Waals surface area (Å²) < 4.78 is 26.9. The van der Waals surface area contributed by atoms with Crippen LogP contribution in [0.4, 0.5) is 0 Å². The number of nitrogen functional groups attached to an aromatic ring is 1. The molecular formula is C12H13IN4O2S. The molecule has 0 saturated carbocycles. The van der Waals surface area contributed by atoms with Gasteiger partial charge in [-0.3, -0.25) is 10.1 Å². The van der Waals surface area contributed by atoms with Gasteiger partial charge in [-0.25, -0.2) is 8.42 Å². The van der Waals surface area contributed by atoms with Gasteiger partial charge in [0.15, 0.2) is 9.84 Å². The van der Waals surface area contributed by atoms with Crippen molar-refractivity contribution < 1.29 is 8.42 Å². The Bertz CT molecular complexity index is 722. The molecule has 0 fully saturated rings. The summed E-state index contributed by atoms with van der Waals surface area (Å²) in [4.78, 5) is 0.226. The molecule has 3 N–H and O–H groups in total. The Hall–Kier alpha value is -1.42. The number of aryl methyl sites for hydroxylation is 1. The Morgan fingerprint density at radius 1 is 1.35 bits per heavy atom. The minimum atomic E-state index is -3.37. The number of hydrogen-bond acceptors (Lipinski definition) is 4. The summed E-state index contributed by atoms with van der Waals surface area (Å²) >= 11 is 2.12. The standard InChI is InChI=1S/C12H13IN4O2S/c13-10-7-16-17(8-10)5-6-20(18,19)11-3-1-9(2-4-11)12(14)15/h1-4,7-8H,5-6H2,(H3,14,15). The van der Waals surface area contributed by atoms with Crippen molar-refractivity contribution >= 4 is 38.3 Å². The molecule has 20 heavy (non-hydrogen) atoms. The summed E-state index contributed by atoms with van der Waals surface area (Å²) in [5.74, 6) is -0.107. The van der Waals surface area contributed by atoms with Crippen LogP contribution in [0.25, 0.3) is 0 Å². The number of hydrogen-bond donors (Lipinski definition) is 2. The van der Waals surface area contributed by atoms with E-state index in [2.05, 4.69) is 27.7 Å². The topological polar surface area (TPSA) is 102 Å². The molecule has 1 aromatic heterocycles. The molecular weight excluding hydrogens is 391 g/mol. The van der Waals surface area contributed by atoms with E-state index in [9.17, 15) is 8.42 Å². The molecule has 0 unspecified atom stereocenters. The third-order valence-electron chi connectivity index (χ3n) is 2.72. The average Bonchev–Trinajstić information content (AvgIpc) is 2.82. The molecule has 1 heterocycles. The lowest BCUT2D eigenvalue weighted by molar-refractivity contribution is 0.580. The molecule has 8 heteroatoms. The first-order chi connectivity index (χ1) is 9.38. The maximum atomic E-state index is 12.2. The Morgan fingerprint density at radius 2 is 2.00 bits per heavy atom.